The Kier molecular flexibility index (Phi) is 3.59. The van der Waals surface area contributed by atoms with Gasteiger partial charge in [0.15, 0.2) is 5.43 Å². The Hall–Kier alpha value is -2.39. The lowest BCUT2D eigenvalue weighted by Crippen LogP contribution is -2.09. The molecule has 0 saturated heterocycles. The number of fused-ring (bicyclic) bond motifs is 1. The van der Waals surface area contributed by atoms with E-state index in [1.54, 1.807) is 13.8 Å². The van der Waals surface area contributed by atoms with Crippen LogP contribution < -0.4 is 5.43 Å². The summed E-state index contributed by atoms with van der Waals surface area (Å²) in [6.07, 6.45) is -0.697. The minimum Gasteiger partial charge on any atom is -0.455 e. The van der Waals surface area contributed by atoms with Crippen LogP contribution in [0.3, 0.4) is 0 Å². The fraction of sp³-hybridized carbons (Fsp3) is 0.211. The van der Waals surface area contributed by atoms with Crippen molar-refractivity contribution in [1.29, 1.82) is 0 Å². The van der Waals surface area contributed by atoms with E-state index in [2.05, 4.69) is 0 Å². The molecule has 0 saturated carbocycles. The topological polar surface area (TPSA) is 50.4 Å². The summed E-state index contributed by atoms with van der Waals surface area (Å²) in [5.74, 6) is 0.559. The maximum atomic E-state index is 12.7. The van der Waals surface area contributed by atoms with Crippen molar-refractivity contribution >= 4 is 11.0 Å². The second-order valence-electron chi connectivity index (χ2n) is 5.66. The van der Waals surface area contributed by atoms with Crippen LogP contribution in [0.2, 0.25) is 0 Å². The number of rotatable bonds is 2. The van der Waals surface area contributed by atoms with Gasteiger partial charge >= 0.3 is 0 Å². The predicted octanol–water partition coefficient (Wildman–Crippen LogP) is 4.13. The molecule has 3 aromatic rings. The third-order valence-corrected chi connectivity index (χ3v) is 3.88. The Balaban J connectivity index is 2.43. The lowest BCUT2D eigenvalue weighted by Gasteiger charge is -2.13. The fourth-order valence-corrected chi connectivity index (χ4v) is 2.74. The molecule has 1 atom stereocenters. The maximum Gasteiger partial charge on any atom is 0.196 e. The highest BCUT2D eigenvalue weighted by atomic mass is 16.3. The van der Waals surface area contributed by atoms with Gasteiger partial charge in [-0.15, -0.1) is 0 Å². The maximum absolute atomic E-state index is 12.7. The summed E-state index contributed by atoms with van der Waals surface area (Å²) in [7, 11) is 0. The summed E-state index contributed by atoms with van der Waals surface area (Å²) in [6.45, 7) is 5.36. The number of benzene rings is 2. The average molecular weight is 294 g/mol. The van der Waals surface area contributed by atoms with Crippen molar-refractivity contribution in [2.75, 3.05) is 0 Å². The van der Waals surface area contributed by atoms with Gasteiger partial charge < -0.3 is 9.52 Å². The summed E-state index contributed by atoms with van der Waals surface area (Å²) in [4.78, 5) is 12.7. The van der Waals surface area contributed by atoms with Crippen LogP contribution in [0.15, 0.2) is 51.7 Å². The van der Waals surface area contributed by atoms with E-state index in [4.69, 9.17) is 4.42 Å². The van der Waals surface area contributed by atoms with Gasteiger partial charge in [0.05, 0.1) is 11.5 Å². The largest absolute Gasteiger partial charge is 0.455 e. The molecule has 1 N–H and O–H groups in total. The first-order valence-electron chi connectivity index (χ1n) is 7.30. The van der Waals surface area contributed by atoms with Crippen LogP contribution in [0.4, 0.5) is 0 Å². The monoisotopic (exact) mass is 294 g/mol. The van der Waals surface area contributed by atoms with Gasteiger partial charge in [0.1, 0.15) is 11.3 Å². The summed E-state index contributed by atoms with van der Waals surface area (Å²) in [5, 5.41) is 10.5. The van der Waals surface area contributed by atoms with E-state index in [0.717, 1.165) is 11.1 Å². The molecule has 0 spiro atoms. The van der Waals surface area contributed by atoms with Crippen LogP contribution in [-0.4, -0.2) is 5.11 Å². The first kappa shape index (κ1) is 14.5. The molecule has 0 aliphatic rings. The number of aryl methyl sites for hydroxylation is 1. The molecule has 0 bridgehead atoms. The van der Waals surface area contributed by atoms with Gasteiger partial charge in [0, 0.05) is 16.7 Å². The minimum absolute atomic E-state index is 0.0503. The van der Waals surface area contributed by atoms with Crippen molar-refractivity contribution in [1.82, 2.24) is 0 Å². The molecule has 112 valence electrons. The van der Waals surface area contributed by atoms with E-state index in [0.29, 0.717) is 27.9 Å². The Morgan fingerprint density at radius 2 is 1.77 bits per heavy atom. The molecule has 22 heavy (non-hydrogen) atoms. The van der Waals surface area contributed by atoms with E-state index < -0.39 is 6.10 Å². The second kappa shape index (κ2) is 5.43. The van der Waals surface area contributed by atoms with E-state index in [1.807, 2.05) is 49.4 Å². The number of aliphatic hydroxyl groups excluding tert-OH is 1. The molecule has 0 aliphatic carbocycles. The van der Waals surface area contributed by atoms with Crippen LogP contribution in [0.25, 0.3) is 22.3 Å². The molecule has 0 fully saturated rings. The standard InChI is InChI=1S/C19H18O3/c1-11-9-15(13(3)20)19-16(10-11)17(21)12(2)18(22-19)14-7-5-4-6-8-14/h4-10,13,20H,1-3H3/t13-/m0/s1. The molecular formula is C19H18O3. The van der Waals surface area contributed by atoms with E-state index in [9.17, 15) is 9.90 Å². The van der Waals surface area contributed by atoms with Crippen molar-refractivity contribution in [3.8, 4) is 11.3 Å². The van der Waals surface area contributed by atoms with Crippen molar-refractivity contribution in [2.45, 2.75) is 26.9 Å². The third kappa shape index (κ3) is 2.34. The quantitative estimate of drug-likeness (QED) is 0.773. The lowest BCUT2D eigenvalue weighted by molar-refractivity contribution is 0.199. The molecule has 1 heterocycles. The summed E-state index contributed by atoms with van der Waals surface area (Å²) < 4.78 is 6.05. The average Bonchev–Trinajstić information content (AvgIpc) is 2.51. The Morgan fingerprint density at radius 3 is 2.41 bits per heavy atom. The van der Waals surface area contributed by atoms with E-state index in [-0.39, 0.29) is 5.43 Å². The molecular weight excluding hydrogens is 276 g/mol. The fourth-order valence-electron chi connectivity index (χ4n) is 2.74. The van der Waals surface area contributed by atoms with Gasteiger partial charge in [0.2, 0.25) is 0 Å². The van der Waals surface area contributed by atoms with Crippen LogP contribution >= 0.6 is 0 Å². The highest BCUT2D eigenvalue weighted by Crippen LogP contribution is 2.30. The van der Waals surface area contributed by atoms with Crippen molar-refractivity contribution in [3.05, 3.63) is 69.4 Å². The zero-order chi connectivity index (χ0) is 15.9. The Labute approximate surface area is 128 Å². The van der Waals surface area contributed by atoms with Crippen LogP contribution in [-0.2, 0) is 0 Å². The first-order chi connectivity index (χ1) is 10.5. The molecule has 0 amide bonds. The lowest BCUT2D eigenvalue weighted by atomic mass is 10.00. The normalized spacial score (nSPS) is 12.5. The Morgan fingerprint density at radius 1 is 1.09 bits per heavy atom. The minimum atomic E-state index is -0.697. The molecule has 1 aromatic heterocycles. The van der Waals surface area contributed by atoms with Gasteiger partial charge in [-0.25, -0.2) is 0 Å². The van der Waals surface area contributed by atoms with Crippen molar-refractivity contribution in [2.24, 2.45) is 0 Å². The Bertz CT molecular complexity index is 890. The highest BCUT2D eigenvalue weighted by molar-refractivity contribution is 5.84. The molecule has 3 rings (SSSR count). The van der Waals surface area contributed by atoms with E-state index >= 15 is 0 Å². The number of aliphatic hydroxyl groups is 1. The summed E-state index contributed by atoms with van der Waals surface area (Å²) in [5.41, 5.74) is 3.43. The van der Waals surface area contributed by atoms with Gasteiger partial charge in [-0.2, -0.15) is 0 Å². The predicted molar refractivity (Wildman–Crippen MR) is 88.0 cm³/mol. The van der Waals surface area contributed by atoms with Crippen LogP contribution in [0.5, 0.6) is 0 Å². The summed E-state index contributed by atoms with van der Waals surface area (Å²) >= 11 is 0. The SMILES string of the molecule is Cc1cc([C@H](C)O)c2oc(-c3ccccc3)c(C)c(=O)c2c1. The summed E-state index contributed by atoms with van der Waals surface area (Å²) in [6, 6.07) is 13.2. The molecule has 3 heteroatoms. The van der Waals surface area contributed by atoms with Gasteiger partial charge in [-0.3, -0.25) is 4.79 Å². The molecule has 0 aliphatic heterocycles. The smallest absolute Gasteiger partial charge is 0.196 e. The third-order valence-electron chi connectivity index (χ3n) is 3.88. The van der Waals surface area contributed by atoms with Crippen molar-refractivity contribution < 1.29 is 9.52 Å². The molecule has 0 unspecified atom stereocenters. The van der Waals surface area contributed by atoms with Crippen molar-refractivity contribution in [3.63, 3.8) is 0 Å². The van der Waals surface area contributed by atoms with Crippen LogP contribution in [0, 0.1) is 13.8 Å². The number of hydrogen-bond donors (Lipinski definition) is 1. The van der Waals surface area contributed by atoms with Gasteiger partial charge in [-0.1, -0.05) is 30.3 Å². The van der Waals surface area contributed by atoms with Gasteiger partial charge in [0.25, 0.3) is 0 Å². The zero-order valence-electron chi connectivity index (χ0n) is 12.9. The van der Waals surface area contributed by atoms with Crippen LogP contribution in [0.1, 0.15) is 29.7 Å². The molecule has 2 aromatic carbocycles. The zero-order valence-corrected chi connectivity index (χ0v) is 12.9. The number of hydrogen-bond acceptors (Lipinski definition) is 3. The molecule has 3 nitrogen and oxygen atoms in total. The van der Waals surface area contributed by atoms with E-state index in [1.165, 1.54) is 0 Å². The first-order valence-corrected chi connectivity index (χ1v) is 7.30. The second-order valence-corrected chi connectivity index (χ2v) is 5.66. The van der Waals surface area contributed by atoms with Gasteiger partial charge in [-0.05, 0) is 38.5 Å². The highest BCUT2D eigenvalue weighted by Gasteiger charge is 2.17. The molecule has 0 radical (unpaired) electrons.